The Kier molecular flexibility index (Phi) is 3.23. The molecule has 0 heterocycles. The minimum atomic E-state index is -2.72. The van der Waals surface area contributed by atoms with Crippen molar-refractivity contribution in [2.45, 2.75) is 4.90 Å². The van der Waals surface area contributed by atoms with Crippen LogP contribution in [0.3, 0.4) is 0 Å². The minimum Gasteiger partial charge on any atom is -0.227 e. The first-order valence-electron chi connectivity index (χ1n) is 2.81. The molecule has 2 nitrogen and oxygen atoms in total. The zero-order valence-corrected chi connectivity index (χ0v) is 8.71. The highest BCUT2D eigenvalue weighted by Gasteiger charge is 2.06. The first kappa shape index (κ1) is 10.1. The van der Waals surface area contributed by atoms with E-state index >= 15 is 0 Å². The summed E-state index contributed by atoms with van der Waals surface area (Å²) in [6, 6.07) is 2.52. The van der Waals surface area contributed by atoms with Gasteiger partial charge in [0, 0.05) is 0 Å². The fourth-order valence-electron chi connectivity index (χ4n) is 0.652. The number of benzene rings is 1. The van der Waals surface area contributed by atoms with Crippen molar-refractivity contribution in [2.24, 2.45) is 0 Å². The molecule has 66 valence electrons. The van der Waals surface area contributed by atoms with Crippen molar-refractivity contribution in [3.63, 3.8) is 0 Å². The molecule has 1 aromatic carbocycles. The van der Waals surface area contributed by atoms with Crippen LogP contribution in [0.2, 0.25) is 15.1 Å². The van der Waals surface area contributed by atoms with Gasteiger partial charge in [-0.2, -0.15) is 0 Å². The summed E-state index contributed by atoms with van der Waals surface area (Å²) < 4.78 is 21.1. The van der Waals surface area contributed by atoms with Gasteiger partial charge in [0.15, 0.2) is 10.7 Å². The minimum absolute atomic E-state index is 0.0129. The molecule has 6 heteroatoms. The highest BCUT2D eigenvalue weighted by atomic mass is 35.5. The van der Waals surface area contributed by atoms with Crippen molar-refractivity contribution in [3.05, 3.63) is 27.2 Å². The van der Waals surface area contributed by atoms with Crippen molar-refractivity contribution in [1.29, 1.82) is 0 Å². The SMILES string of the molecule is O=[SH](=O)c1cc(Cl)c(Cl)cc1Cl. The summed E-state index contributed by atoms with van der Waals surface area (Å²) in [7, 11) is -2.72. The molecule has 0 amide bonds. The molecule has 0 radical (unpaired) electrons. The van der Waals surface area contributed by atoms with Gasteiger partial charge in [0.05, 0.1) is 20.0 Å². The predicted octanol–water partition coefficient (Wildman–Crippen LogP) is 2.62. The topological polar surface area (TPSA) is 34.1 Å². The van der Waals surface area contributed by atoms with Crippen LogP contribution in [0.1, 0.15) is 0 Å². The summed E-state index contributed by atoms with van der Waals surface area (Å²) in [6.45, 7) is 0. The molecule has 0 spiro atoms. The Morgan fingerprint density at radius 3 is 1.92 bits per heavy atom. The standard InChI is InChI=1S/C6H3Cl3O2S/c7-3-1-5(9)6(12(10)11)2-4(3)8/h1-2,12H. The van der Waals surface area contributed by atoms with E-state index in [0.29, 0.717) is 0 Å². The molecule has 0 saturated heterocycles. The molecule has 0 aromatic heterocycles. The van der Waals surface area contributed by atoms with E-state index in [0.717, 1.165) is 0 Å². The second-order valence-corrected chi connectivity index (χ2v) is 4.19. The largest absolute Gasteiger partial charge is 0.227 e. The van der Waals surface area contributed by atoms with Crippen LogP contribution in [0.25, 0.3) is 0 Å². The van der Waals surface area contributed by atoms with Crippen LogP contribution in [-0.4, -0.2) is 8.42 Å². The number of halogens is 3. The monoisotopic (exact) mass is 244 g/mol. The molecule has 0 aliphatic carbocycles. The highest BCUT2D eigenvalue weighted by Crippen LogP contribution is 2.29. The lowest BCUT2D eigenvalue weighted by molar-refractivity contribution is 0.614. The number of hydrogen-bond donors (Lipinski definition) is 1. The summed E-state index contributed by atoms with van der Waals surface area (Å²) in [5, 5.41) is 0.498. The van der Waals surface area contributed by atoms with Gasteiger partial charge in [-0.1, -0.05) is 34.8 Å². The summed E-state index contributed by atoms with van der Waals surface area (Å²) in [5.41, 5.74) is 0. The van der Waals surface area contributed by atoms with Gasteiger partial charge in [0.25, 0.3) is 0 Å². The van der Waals surface area contributed by atoms with Crippen LogP contribution in [0.4, 0.5) is 0 Å². The maximum absolute atomic E-state index is 10.5. The number of thiol groups is 1. The molecule has 0 unspecified atom stereocenters. The maximum atomic E-state index is 10.5. The Bertz CT molecular complexity index is 379. The lowest BCUT2D eigenvalue weighted by atomic mass is 10.4. The summed E-state index contributed by atoms with van der Waals surface area (Å²) in [4.78, 5) is -0.0129. The maximum Gasteiger partial charge on any atom is 0.169 e. The van der Waals surface area contributed by atoms with Gasteiger partial charge in [-0.25, -0.2) is 8.42 Å². The fraction of sp³-hybridized carbons (Fsp3) is 0. The Labute approximate surface area is 86.0 Å². The number of hydrogen-bond acceptors (Lipinski definition) is 2. The molecular weight excluding hydrogens is 242 g/mol. The van der Waals surface area contributed by atoms with E-state index in [2.05, 4.69) is 0 Å². The van der Waals surface area contributed by atoms with E-state index in [4.69, 9.17) is 34.8 Å². The third-order valence-corrected chi connectivity index (χ3v) is 3.12. The molecule has 1 rings (SSSR count). The smallest absolute Gasteiger partial charge is 0.169 e. The van der Waals surface area contributed by atoms with Crippen LogP contribution in [0.15, 0.2) is 17.0 Å². The van der Waals surface area contributed by atoms with Crippen molar-refractivity contribution in [2.75, 3.05) is 0 Å². The summed E-state index contributed by atoms with van der Waals surface area (Å²) in [5.74, 6) is 0. The predicted molar refractivity (Wildman–Crippen MR) is 50.1 cm³/mol. The fourth-order valence-corrected chi connectivity index (χ4v) is 1.96. The normalized spacial score (nSPS) is 10.7. The van der Waals surface area contributed by atoms with Crippen LogP contribution in [-0.2, 0) is 10.7 Å². The van der Waals surface area contributed by atoms with Gasteiger partial charge in [0.1, 0.15) is 0 Å². The van der Waals surface area contributed by atoms with Gasteiger partial charge >= 0.3 is 0 Å². The Morgan fingerprint density at radius 1 is 0.917 bits per heavy atom. The van der Waals surface area contributed by atoms with Gasteiger partial charge in [0.2, 0.25) is 0 Å². The van der Waals surface area contributed by atoms with E-state index in [1.807, 2.05) is 0 Å². The zero-order chi connectivity index (χ0) is 9.30. The average molecular weight is 246 g/mol. The molecule has 0 aliphatic heterocycles. The zero-order valence-electron chi connectivity index (χ0n) is 5.55. The van der Waals surface area contributed by atoms with Gasteiger partial charge in [-0.3, -0.25) is 0 Å². The lowest BCUT2D eigenvalue weighted by Crippen LogP contribution is -1.82. The third-order valence-electron chi connectivity index (χ3n) is 1.19. The van der Waals surface area contributed by atoms with E-state index in [-0.39, 0.29) is 20.0 Å². The molecule has 0 atom stereocenters. The second-order valence-electron chi connectivity index (χ2n) is 1.97. The van der Waals surface area contributed by atoms with Crippen LogP contribution >= 0.6 is 34.8 Å². The van der Waals surface area contributed by atoms with E-state index < -0.39 is 10.7 Å². The molecule has 0 aliphatic rings. The second kappa shape index (κ2) is 3.83. The molecule has 0 bridgehead atoms. The van der Waals surface area contributed by atoms with Crippen LogP contribution in [0.5, 0.6) is 0 Å². The first-order chi connectivity index (χ1) is 5.52. The van der Waals surface area contributed by atoms with Crippen LogP contribution in [0, 0.1) is 0 Å². The quantitative estimate of drug-likeness (QED) is 0.610. The first-order valence-corrected chi connectivity index (χ1v) is 5.12. The van der Waals surface area contributed by atoms with Crippen molar-refractivity contribution in [3.8, 4) is 0 Å². The molecule has 0 fully saturated rings. The van der Waals surface area contributed by atoms with Gasteiger partial charge in [-0.15, -0.1) is 0 Å². The average Bonchev–Trinajstić information content (AvgIpc) is 1.96. The molecule has 0 saturated carbocycles. The van der Waals surface area contributed by atoms with Crippen molar-refractivity contribution in [1.82, 2.24) is 0 Å². The highest BCUT2D eigenvalue weighted by molar-refractivity contribution is 7.72. The van der Waals surface area contributed by atoms with Crippen LogP contribution < -0.4 is 0 Å². The summed E-state index contributed by atoms with van der Waals surface area (Å²) in [6.07, 6.45) is 0. The molecular formula is C6H3Cl3O2S. The van der Waals surface area contributed by atoms with E-state index in [9.17, 15) is 8.42 Å². The molecule has 12 heavy (non-hydrogen) atoms. The number of rotatable bonds is 1. The molecule has 0 N–H and O–H groups in total. The van der Waals surface area contributed by atoms with E-state index in [1.165, 1.54) is 12.1 Å². The Morgan fingerprint density at radius 2 is 1.42 bits per heavy atom. The Balaban J connectivity index is 3.43. The third kappa shape index (κ3) is 2.04. The Hall–Kier alpha value is 0.0400. The molecule has 1 aromatic rings. The van der Waals surface area contributed by atoms with Crippen molar-refractivity contribution < 1.29 is 8.42 Å². The van der Waals surface area contributed by atoms with Gasteiger partial charge in [-0.05, 0) is 12.1 Å². The lowest BCUT2D eigenvalue weighted by Gasteiger charge is -1.98. The van der Waals surface area contributed by atoms with Crippen molar-refractivity contribution >= 4 is 45.5 Å². The van der Waals surface area contributed by atoms with E-state index in [1.54, 1.807) is 0 Å². The van der Waals surface area contributed by atoms with Gasteiger partial charge < -0.3 is 0 Å². The summed E-state index contributed by atoms with van der Waals surface area (Å²) >= 11 is 16.7.